The Hall–Kier alpha value is -1.58. The summed E-state index contributed by atoms with van der Waals surface area (Å²) < 4.78 is 0.884. The maximum Gasteiger partial charge on any atom is 0.343 e. The first-order valence-corrected chi connectivity index (χ1v) is 2.68. The summed E-state index contributed by atoms with van der Waals surface area (Å²) in [6.07, 6.45) is 1.34. The van der Waals surface area contributed by atoms with Crippen molar-refractivity contribution in [1.82, 2.24) is 0 Å². The number of aromatic nitrogens is 1. The molecular weight excluding hydrogens is 132 g/mol. The number of carbonyl (C=O) groups excluding carboxylic acids is 1. The van der Waals surface area contributed by atoms with Gasteiger partial charge in [-0.05, 0) is 6.07 Å². The second-order valence-electron chi connectivity index (χ2n) is 1.81. The fourth-order valence-electron chi connectivity index (χ4n) is 0.607. The lowest BCUT2D eigenvalue weighted by molar-refractivity contribution is -0.630. The molecule has 1 aromatic rings. The minimum absolute atomic E-state index is 0.395. The second-order valence-corrected chi connectivity index (χ2v) is 1.81. The molecule has 0 aromatic carbocycles. The molecule has 0 aliphatic carbocycles. The number of nitrogens with two attached hydrogens (primary N) is 1. The molecule has 0 spiro atoms. The van der Waals surface area contributed by atoms with Crippen LogP contribution in [0.2, 0.25) is 0 Å². The van der Waals surface area contributed by atoms with E-state index in [2.05, 4.69) is 0 Å². The molecule has 0 bridgehead atoms. The van der Waals surface area contributed by atoms with E-state index in [-0.39, 0.29) is 0 Å². The number of carbonyl (C=O) groups is 1. The van der Waals surface area contributed by atoms with Crippen molar-refractivity contribution in [2.45, 2.75) is 0 Å². The van der Waals surface area contributed by atoms with E-state index < -0.39 is 6.09 Å². The Morgan fingerprint density at radius 2 is 2.40 bits per heavy atom. The van der Waals surface area contributed by atoms with Gasteiger partial charge in [0.15, 0.2) is 12.4 Å². The molecule has 0 amide bonds. The number of pyridine rings is 1. The summed E-state index contributed by atoms with van der Waals surface area (Å²) in [5.41, 5.74) is 5.68. The van der Waals surface area contributed by atoms with Gasteiger partial charge in [-0.2, -0.15) is 0 Å². The first-order valence-electron chi connectivity index (χ1n) is 2.68. The Bertz CT molecular complexity index is 260. The first-order chi connectivity index (χ1) is 4.70. The first kappa shape index (κ1) is 6.54. The van der Waals surface area contributed by atoms with Gasteiger partial charge >= 0.3 is 6.09 Å². The van der Waals surface area contributed by atoms with Gasteiger partial charge in [-0.25, -0.2) is 0 Å². The van der Waals surface area contributed by atoms with E-state index in [9.17, 15) is 9.90 Å². The van der Waals surface area contributed by atoms with E-state index >= 15 is 0 Å². The Balaban J connectivity index is 3.07. The van der Waals surface area contributed by atoms with Crippen LogP contribution in [0.25, 0.3) is 0 Å². The zero-order valence-corrected chi connectivity index (χ0v) is 5.15. The molecule has 1 aromatic heterocycles. The van der Waals surface area contributed by atoms with Crippen molar-refractivity contribution in [3.63, 3.8) is 0 Å². The maximum absolute atomic E-state index is 10.1. The van der Waals surface area contributed by atoms with Crippen molar-refractivity contribution in [3.8, 4) is 0 Å². The van der Waals surface area contributed by atoms with Crippen LogP contribution in [0.3, 0.4) is 0 Å². The number of rotatable bonds is 0. The van der Waals surface area contributed by atoms with Gasteiger partial charge in [-0.15, -0.1) is 4.57 Å². The molecular formula is C6H6N2O2. The Morgan fingerprint density at radius 3 is 2.80 bits per heavy atom. The third-order valence-electron chi connectivity index (χ3n) is 1.03. The van der Waals surface area contributed by atoms with Crippen molar-refractivity contribution >= 4 is 11.8 Å². The summed E-state index contributed by atoms with van der Waals surface area (Å²) in [7, 11) is 0. The lowest BCUT2D eigenvalue weighted by Crippen LogP contribution is -2.51. The molecule has 10 heavy (non-hydrogen) atoms. The molecule has 4 nitrogen and oxygen atoms in total. The average molecular weight is 138 g/mol. The fourth-order valence-corrected chi connectivity index (χ4v) is 0.607. The quantitative estimate of drug-likeness (QED) is 0.455. The zero-order chi connectivity index (χ0) is 7.56. The van der Waals surface area contributed by atoms with E-state index in [1.165, 1.54) is 18.5 Å². The Morgan fingerprint density at radius 1 is 1.70 bits per heavy atom. The standard InChI is InChI=1S/C6H6N2O2/c7-5-2-1-3-8(4-5)6(9)10/h1-4H,7H2. The normalized spacial score (nSPS) is 9.20. The summed E-state index contributed by atoms with van der Waals surface area (Å²) in [4.78, 5) is 10.1. The van der Waals surface area contributed by atoms with E-state index in [0.29, 0.717) is 5.69 Å². The van der Waals surface area contributed by atoms with Crippen LogP contribution < -0.4 is 15.4 Å². The van der Waals surface area contributed by atoms with Crippen LogP contribution >= 0.6 is 0 Å². The van der Waals surface area contributed by atoms with Crippen LogP contribution in [-0.4, -0.2) is 6.09 Å². The van der Waals surface area contributed by atoms with Crippen LogP contribution in [0.5, 0.6) is 0 Å². The smallest absolute Gasteiger partial charge is 0.343 e. The van der Waals surface area contributed by atoms with E-state index in [4.69, 9.17) is 5.73 Å². The van der Waals surface area contributed by atoms with Gasteiger partial charge in [0.2, 0.25) is 0 Å². The molecule has 2 N–H and O–H groups in total. The maximum atomic E-state index is 10.1. The van der Waals surface area contributed by atoms with Crippen molar-refractivity contribution < 1.29 is 14.5 Å². The third-order valence-corrected chi connectivity index (χ3v) is 1.03. The number of hydrogen-bond acceptors (Lipinski definition) is 3. The second kappa shape index (κ2) is 2.34. The van der Waals surface area contributed by atoms with Crippen molar-refractivity contribution in [2.75, 3.05) is 5.73 Å². The molecule has 0 saturated heterocycles. The van der Waals surface area contributed by atoms with Gasteiger partial charge in [0.05, 0.1) is 5.69 Å². The summed E-state index contributed by atoms with van der Waals surface area (Å²) >= 11 is 0. The van der Waals surface area contributed by atoms with Gasteiger partial charge in [0.1, 0.15) is 0 Å². The summed E-state index contributed by atoms with van der Waals surface area (Å²) in [5.74, 6) is 0. The molecule has 1 heterocycles. The van der Waals surface area contributed by atoms with Crippen LogP contribution in [0.1, 0.15) is 0 Å². The van der Waals surface area contributed by atoms with Crippen molar-refractivity contribution in [2.24, 2.45) is 0 Å². The molecule has 1 rings (SSSR count). The molecule has 52 valence electrons. The van der Waals surface area contributed by atoms with Gasteiger partial charge < -0.3 is 15.6 Å². The third kappa shape index (κ3) is 1.22. The van der Waals surface area contributed by atoms with E-state index in [1.807, 2.05) is 0 Å². The Labute approximate surface area is 57.5 Å². The Kier molecular flexibility index (Phi) is 1.53. The highest BCUT2D eigenvalue weighted by Gasteiger charge is 1.99. The zero-order valence-electron chi connectivity index (χ0n) is 5.15. The number of nitrogen functional groups attached to an aromatic ring is 1. The highest BCUT2D eigenvalue weighted by atomic mass is 16.4. The lowest BCUT2D eigenvalue weighted by atomic mass is 10.4. The minimum atomic E-state index is -1.28. The fraction of sp³-hybridized carbons (Fsp3) is 0. The number of hydrogen-bond donors (Lipinski definition) is 1. The van der Waals surface area contributed by atoms with Crippen LogP contribution in [0.4, 0.5) is 10.5 Å². The van der Waals surface area contributed by atoms with Crippen molar-refractivity contribution in [1.29, 1.82) is 0 Å². The minimum Gasteiger partial charge on any atom is -0.490 e. The molecule has 0 aliphatic heterocycles. The van der Waals surface area contributed by atoms with Gasteiger partial charge in [-0.1, -0.05) is 0 Å². The molecule has 0 fully saturated rings. The predicted octanol–water partition coefficient (Wildman–Crippen LogP) is -1.25. The van der Waals surface area contributed by atoms with Gasteiger partial charge in [0, 0.05) is 6.07 Å². The number of nitrogens with zero attached hydrogens (tertiary/aromatic N) is 1. The summed E-state index contributed by atoms with van der Waals surface area (Å²) in [5, 5.41) is 10.1. The number of anilines is 1. The number of carboxylic acid groups (broad SMARTS) is 1. The summed E-state index contributed by atoms with van der Waals surface area (Å²) in [6, 6.07) is 3.13. The highest BCUT2D eigenvalue weighted by molar-refractivity contribution is 5.51. The lowest BCUT2D eigenvalue weighted by Gasteiger charge is -1.93. The van der Waals surface area contributed by atoms with Crippen LogP contribution in [0, 0.1) is 0 Å². The van der Waals surface area contributed by atoms with E-state index in [1.54, 1.807) is 6.07 Å². The highest BCUT2D eigenvalue weighted by Crippen LogP contribution is 1.91. The van der Waals surface area contributed by atoms with Gasteiger partial charge in [-0.3, -0.25) is 0 Å². The molecule has 0 atom stereocenters. The van der Waals surface area contributed by atoms with Gasteiger partial charge in [0.25, 0.3) is 0 Å². The van der Waals surface area contributed by atoms with Crippen molar-refractivity contribution in [3.05, 3.63) is 24.5 Å². The topological polar surface area (TPSA) is 70.0 Å². The molecule has 0 saturated carbocycles. The monoisotopic (exact) mass is 138 g/mol. The SMILES string of the molecule is Nc1ccc[n+](C(=O)[O-])c1. The summed E-state index contributed by atoms with van der Waals surface area (Å²) in [6.45, 7) is 0. The van der Waals surface area contributed by atoms with Crippen LogP contribution in [-0.2, 0) is 0 Å². The predicted molar refractivity (Wildman–Crippen MR) is 31.8 cm³/mol. The van der Waals surface area contributed by atoms with Crippen LogP contribution in [0.15, 0.2) is 24.5 Å². The molecule has 0 radical (unpaired) electrons. The molecule has 4 heteroatoms. The van der Waals surface area contributed by atoms with E-state index in [0.717, 1.165) is 4.57 Å². The molecule has 0 aliphatic rings. The largest absolute Gasteiger partial charge is 0.490 e. The molecule has 0 unspecified atom stereocenters. The average Bonchev–Trinajstić information content (AvgIpc) is 1.88.